The summed E-state index contributed by atoms with van der Waals surface area (Å²) in [5.74, 6) is 0.736. The van der Waals surface area contributed by atoms with Crippen LogP contribution in [0.15, 0.2) is 30.6 Å². The van der Waals surface area contributed by atoms with Crippen molar-refractivity contribution < 1.29 is 4.79 Å². The number of aromatic nitrogens is 3. The van der Waals surface area contributed by atoms with Crippen LogP contribution < -0.4 is 5.32 Å². The molecule has 6 nitrogen and oxygen atoms in total. The molecule has 1 aromatic heterocycles. The van der Waals surface area contributed by atoms with Gasteiger partial charge < -0.3 is 14.8 Å². The third kappa shape index (κ3) is 3.76. The smallest absolute Gasteiger partial charge is 0.318 e. The molecular weight excluding hydrogens is 302 g/mol. The highest BCUT2D eigenvalue weighted by Crippen LogP contribution is 2.21. The van der Waals surface area contributed by atoms with Gasteiger partial charge in [0.05, 0.1) is 12.6 Å². The molecule has 118 valence electrons. The normalized spacial score (nSPS) is 12.0. The number of hydrogen-bond acceptors (Lipinski definition) is 3. The number of aryl methyl sites for hydroxylation is 1. The van der Waals surface area contributed by atoms with Gasteiger partial charge in [-0.05, 0) is 31.5 Å². The van der Waals surface area contributed by atoms with Gasteiger partial charge in [0.2, 0.25) is 0 Å². The van der Waals surface area contributed by atoms with Crippen LogP contribution >= 0.6 is 11.6 Å². The number of nitrogens with one attached hydrogen (secondary N) is 1. The second-order valence-electron chi connectivity index (χ2n) is 5.03. The van der Waals surface area contributed by atoms with Crippen LogP contribution in [0.5, 0.6) is 0 Å². The quantitative estimate of drug-likeness (QED) is 0.921. The number of rotatable bonds is 5. The SMILES string of the molecule is CCn1cnnc1CNC(=O)N(C)[C@@H](C)c1cccc(Cl)c1. The molecule has 0 unspecified atom stereocenters. The first-order valence-corrected chi connectivity index (χ1v) is 7.53. The van der Waals surface area contributed by atoms with Gasteiger partial charge in [-0.1, -0.05) is 23.7 Å². The van der Waals surface area contributed by atoms with Gasteiger partial charge in [-0.25, -0.2) is 4.79 Å². The van der Waals surface area contributed by atoms with E-state index in [4.69, 9.17) is 11.6 Å². The van der Waals surface area contributed by atoms with Crippen molar-refractivity contribution in [3.8, 4) is 0 Å². The second-order valence-corrected chi connectivity index (χ2v) is 5.47. The Labute approximate surface area is 135 Å². The first kappa shape index (κ1) is 16.3. The molecule has 0 saturated heterocycles. The zero-order valence-electron chi connectivity index (χ0n) is 13.0. The van der Waals surface area contributed by atoms with Crippen molar-refractivity contribution in [2.45, 2.75) is 33.0 Å². The fourth-order valence-electron chi connectivity index (χ4n) is 2.13. The summed E-state index contributed by atoms with van der Waals surface area (Å²) in [6.45, 7) is 5.08. The minimum Gasteiger partial charge on any atom is -0.331 e. The first-order chi connectivity index (χ1) is 10.5. The highest BCUT2D eigenvalue weighted by molar-refractivity contribution is 6.30. The molecule has 1 N–H and O–H groups in total. The summed E-state index contributed by atoms with van der Waals surface area (Å²) in [6.07, 6.45) is 1.65. The lowest BCUT2D eigenvalue weighted by molar-refractivity contribution is 0.193. The Kier molecular flexibility index (Phi) is 5.38. The zero-order chi connectivity index (χ0) is 16.1. The van der Waals surface area contributed by atoms with Gasteiger partial charge in [-0.2, -0.15) is 0 Å². The summed E-state index contributed by atoms with van der Waals surface area (Å²) in [4.78, 5) is 13.9. The summed E-state index contributed by atoms with van der Waals surface area (Å²) in [7, 11) is 1.76. The van der Waals surface area contributed by atoms with Crippen molar-refractivity contribution in [1.82, 2.24) is 25.0 Å². The van der Waals surface area contributed by atoms with Crippen molar-refractivity contribution >= 4 is 17.6 Å². The molecule has 0 bridgehead atoms. The summed E-state index contributed by atoms with van der Waals surface area (Å²) >= 11 is 6.00. The van der Waals surface area contributed by atoms with E-state index < -0.39 is 0 Å². The number of hydrogen-bond donors (Lipinski definition) is 1. The first-order valence-electron chi connectivity index (χ1n) is 7.15. The van der Waals surface area contributed by atoms with E-state index in [2.05, 4.69) is 15.5 Å². The summed E-state index contributed by atoms with van der Waals surface area (Å²) in [5.41, 5.74) is 0.988. The van der Waals surface area contributed by atoms with Crippen molar-refractivity contribution in [2.75, 3.05) is 7.05 Å². The molecular formula is C15H20ClN5O. The molecule has 2 aromatic rings. The molecule has 22 heavy (non-hydrogen) atoms. The van der Waals surface area contributed by atoms with Crippen molar-refractivity contribution in [3.63, 3.8) is 0 Å². The van der Waals surface area contributed by atoms with Crippen molar-refractivity contribution in [3.05, 3.63) is 47.0 Å². The Balaban J connectivity index is 1.97. The van der Waals surface area contributed by atoms with Crippen LogP contribution in [-0.4, -0.2) is 32.7 Å². The number of benzene rings is 1. The van der Waals surface area contributed by atoms with E-state index in [9.17, 15) is 4.79 Å². The predicted molar refractivity (Wildman–Crippen MR) is 85.6 cm³/mol. The summed E-state index contributed by atoms with van der Waals surface area (Å²) in [6, 6.07) is 7.26. The number of amides is 2. The van der Waals surface area contributed by atoms with E-state index in [1.807, 2.05) is 42.7 Å². The Morgan fingerprint density at radius 3 is 2.95 bits per heavy atom. The Bertz CT molecular complexity index is 642. The van der Waals surface area contributed by atoms with Gasteiger partial charge in [0.15, 0.2) is 5.82 Å². The predicted octanol–water partition coefficient (Wildman–Crippen LogP) is 2.85. The minimum absolute atomic E-state index is 0.0808. The number of carbonyl (C=O) groups excluding carboxylic acids is 1. The zero-order valence-corrected chi connectivity index (χ0v) is 13.7. The van der Waals surface area contributed by atoms with Crippen molar-refractivity contribution in [2.24, 2.45) is 0 Å². The monoisotopic (exact) mass is 321 g/mol. The molecule has 7 heteroatoms. The van der Waals surface area contributed by atoms with Crippen LogP contribution in [0.3, 0.4) is 0 Å². The number of carbonyl (C=O) groups is 1. The second kappa shape index (κ2) is 7.26. The lowest BCUT2D eigenvalue weighted by atomic mass is 10.1. The van der Waals surface area contributed by atoms with Gasteiger partial charge in [0.1, 0.15) is 6.33 Å². The molecule has 0 fully saturated rings. The van der Waals surface area contributed by atoms with Gasteiger partial charge in [0.25, 0.3) is 0 Å². The molecule has 1 aromatic carbocycles. The van der Waals surface area contributed by atoms with Gasteiger partial charge >= 0.3 is 6.03 Å². The van der Waals surface area contributed by atoms with Crippen LogP contribution in [-0.2, 0) is 13.1 Å². The molecule has 2 rings (SSSR count). The van der Waals surface area contributed by atoms with Crippen LogP contribution in [0.1, 0.15) is 31.3 Å². The number of nitrogens with zero attached hydrogens (tertiary/aromatic N) is 4. The lowest BCUT2D eigenvalue weighted by Gasteiger charge is -2.25. The minimum atomic E-state index is -0.168. The molecule has 2 amide bonds. The maximum atomic E-state index is 12.3. The third-order valence-corrected chi connectivity index (χ3v) is 3.90. The van der Waals surface area contributed by atoms with E-state index >= 15 is 0 Å². The van der Waals surface area contributed by atoms with Gasteiger partial charge in [-0.3, -0.25) is 0 Å². The maximum Gasteiger partial charge on any atom is 0.318 e. The van der Waals surface area contributed by atoms with Crippen LogP contribution in [0.25, 0.3) is 0 Å². The van der Waals surface area contributed by atoms with E-state index in [-0.39, 0.29) is 12.1 Å². The van der Waals surface area contributed by atoms with E-state index in [0.717, 1.165) is 17.9 Å². The molecule has 0 aliphatic heterocycles. The maximum absolute atomic E-state index is 12.3. The molecule has 1 heterocycles. The Hall–Kier alpha value is -2.08. The fourth-order valence-corrected chi connectivity index (χ4v) is 2.32. The van der Waals surface area contributed by atoms with E-state index in [1.165, 1.54) is 0 Å². The Morgan fingerprint density at radius 2 is 2.27 bits per heavy atom. The molecule has 0 spiro atoms. The number of urea groups is 1. The average Bonchev–Trinajstić information content (AvgIpc) is 2.98. The standard InChI is InChI=1S/C15H20ClN5O/c1-4-21-10-18-19-14(21)9-17-15(22)20(3)11(2)12-6-5-7-13(16)8-12/h5-8,10-11H,4,9H2,1-3H3,(H,17,22)/t11-/m0/s1. The van der Waals surface area contributed by atoms with Gasteiger partial charge in [0, 0.05) is 18.6 Å². The molecule has 0 radical (unpaired) electrons. The van der Waals surface area contributed by atoms with E-state index in [0.29, 0.717) is 11.6 Å². The lowest BCUT2D eigenvalue weighted by Crippen LogP contribution is -2.38. The van der Waals surface area contributed by atoms with Crippen LogP contribution in [0.4, 0.5) is 4.79 Å². The van der Waals surface area contributed by atoms with E-state index in [1.54, 1.807) is 18.3 Å². The highest BCUT2D eigenvalue weighted by atomic mass is 35.5. The van der Waals surface area contributed by atoms with Crippen molar-refractivity contribution in [1.29, 1.82) is 0 Å². The topological polar surface area (TPSA) is 63.1 Å². The summed E-state index contributed by atoms with van der Waals surface area (Å²) < 4.78 is 1.89. The highest BCUT2D eigenvalue weighted by Gasteiger charge is 2.18. The largest absolute Gasteiger partial charge is 0.331 e. The average molecular weight is 322 g/mol. The summed E-state index contributed by atoms with van der Waals surface area (Å²) in [5, 5.41) is 11.4. The van der Waals surface area contributed by atoms with Crippen LogP contribution in [0, 0.1) is 0 Å². The molecule has 1 atom stereocenters. The van der Waals surface area contributed by atoms with Crippen LogP contribution in [0.2, 0.25) is 5.02 Å². The fraction of sp³-hybridized carbons (Fsp3) is 0.400. The third-order valence-electron chi connectivity index (χ3n) is 3.67. The Morgan fingerprint density at radius 1 is 1.50 bits per heavy atom. The molecule has 0 aliphatic rings. The molecule has 0 aliphatic carbocycles. The van der Waals surface area contributed by atoms with Gasteiger partial charge in [-0.15, -0.1) is 10.2 Å². The number of halogens is 1. The molecule has 0 saturated carbocycles.